The fourth-order valence-electron chi connectivity index (χ4n) is 0.223. The number of rotatable bonds is 0. The number of hydrogen-bond acceptors (Lipinski definition) is 2. The highest BCUT2D eigenvalue weighted by molar-refractivity contribution is 9.10. The van der Waals surface area contributed by atoms with Crippen LogP contribution in [0.5, 0.6) is 0 Å². The van der Waals surface area contributed by atoms with Crippen LogP contribution in [0.2, 0.25) is 0 Å². The molecule has 0 aliphatic carbocycles. The lowest BCUT2D eigenvalue weighted by atomic mass is 10.9. The Labute approximate surface area is 53.7 Å². The lowest BCUT2D eigenvalue weighted by Crippen LogP contribution is -1.88. The highest BCUT2D eigenvalue weighted by Gasteiger charge is 1.87. The number of aromatic nitrogens is 3. The van der Waals surface area contributed by atoms with Gasteiger partial charge in [0.1, 0.15) is 4.60 Å². The molecule has 0 saturated heterocycles. The Morgan fingerprint density at radius 3 is 3.29 bits per heavy atom. The van der Waals surface area contributed by atoms with Crippen molar-refractivity contribution in [3.05, 3.63) is 10.8 Å². The Kier molecular flexibility index (Phi) is 0.521. The van der Waals surface area contributed by atoms with E-state index in [-0.39, 0.29) is 0 Å². The molecule has 7 heavy (non-hydrogen) atoms. The first-order valence-electron chi connectivity index (χ1n) is 3.08. The predicted octanol–water partition coefficient (Wildman–Crippen LogP) is 0.578. The molecule has 1 aromatic heterocycles. The molecule has 1 rings (SSSR count). The van der Waals surface area contributed by atoms with E-state index in [0.29, 0.717) is 4.60 Å². The Hall–Kier alpha value is -0.380. The first-order valence-corrected chi connectivity index (χ1v) is 2.38. The normalized spacial score (nSPS) is 17.6. The molecule has 0 aliphatic heterocycles. The molecule has 0 radical (unpaired) electrons. The van der Waals surface area contributed by atoms with Gasteiger partial charge in [0.25, 0.3) is 0 Å². The monoisotopic (exact) mass is 164 g/mol. The topological polar surface area (TPSA) is 30.7 Å². The molecule has 0 amide bonds. The largest absolute Gasteiger partial charge is 0.241 e. The summed E-state index contributed by atoms with van der Waals surface area (Å²) in [6.07, 6.45) is 1.33. The molecule has 0 saturated carbocycles. The Bertz CT molecular complexity index is 229. The van der Waals surface area contributed by atoms with E-state index in [4.69, 9.17) is 4.11 Å². The third kappa shape index (κ3) is 0.796. The molecule has 38 valence electrons. The molecule has 0 aromatic carbocycles. The first-order chi connectivity index (χ1) is 4.52. The van der Waals surface area contributed by atoms with Gasteiger partial charge in [0.05, 0.1) is 6.20 Å². The highest BCUT2D eigenvalue weighted by atomic mass is 79.9. The summed E-state index contributed by atoms with van der Waals surface area (Å²) in [5, 5.41) is 6.74. The first kappa shape index (κ1) is 2.26. The van der Waals surface area contributed by atoms with Crippen molar-refractivity contribution >= 4 is 15.9 Å². The molecule has 4 heteroatoms. The summed E-state index contributed by atoms with van der Waals surface area (Å²) in [6, 6.07) is 0. The molecular formula is C3H4BrN3. The summed E-state index contributed by atoms with van der Waals surface area (Å²) in [7, 11) is 0. The number of nitrogens with zero attached hydrogens (tertiary/aromatic N) is 3. The minimum Gasteiger partial charge on any atom is -0.241 e. The Morgan fingerprint density at radius 2 is 3.00 bits per heavy atom. The maximum Gasteiger partial charge on any atom is 0.124 e. The lowest BCUT2D eigenvalue weighted by Gasteiger charge is -1.82. The van der Waals surface area contributed by atoms with Gasteiger partial charge in [-0.15, -0.1) is 5.10 Å². The van der Waals surface area contributed by atoms with Crippen molar-refractivity contribution in [2.24, 2.45) is 6.98 Å². The zero-order chi connectivity index (χ0) is 7.78. The molecule has 0 spiro atoms. The quantitative estimate of drug-likeness (QED) is 0.562. The van der Waals surface area contributed by atoms with E-state index in [1.165, 1.54) is 6.20 Å². The smallest absolute Gasteiger partial charge is 0.124 e. The van der Waals surface area contributed by atoms with Crippen LogP contribution in [0.3, 0.4) is 0 Å². The van der Waals surface area contributed by atoms with Crippen LogP contribution in [0.25, 0.3) is 0 Å². The number of hydrogen-bond donors (Lipinski definition) is 0. The van der Waals surface area contributed by atoms with Crippen LogP contribution >= 0.6 is 15.9 Å². The second kappa shape index (κ2) is 1.61. The van der Waals surface area contributed by atoms with E-state index in [9.17, 15) is 0 Å². The van der Waals surface area contributed by atoms with E-state index >= 15 is 0 Å². The molecule has 3 nitrogen and oxygen atoms in total. The van der Waals surface area contributed by atoms with Crippen molar-refractivity contribution in [2.45, 2.75) is 0 Å². The summed E-state index contributed by atoms with van der Waals surface area (Å²) in [5.41, 5.74) is 0. The summed E-state index contributed by atoms with van der Waals surface area (Å²) >= 11 is 2.98. The van der Waals surface area contributed by atoms with Gasteiger partial charge < -0.3 is 0 Å². The lowest BCUT2D eigenvalue weighted by molar-refractivity contribution is 0.702. The van der Waals surface area contributed by atoms with Crippen molar-refractivity contribution in [3.63, 3.8) is 0 Å². The second-order valence-electron chi connectivity index (χ2n) is 0.969. The maximum absolute atomic E-state index is 6.89. The van der Waals surface area contributed by atoms with Crippen LogP contribution in [0.15, 0.2) is 10.8 Å². The fraction of sp³-hybridized carbons (Fsp3) is 0.333. The van der Waals surface area contributed by atoms with Crippen LogP contribution in [0, 0.1) is 0 Å². The van der Waals surface area contributed by atoms with Crippen LogP contribution in [-0.4, -0.2) is 15.0 Å². The van der Waals surface area contributed by atoms with Gasteiger partial charge in [0, 0.05) is 11.1 Å². The van der Waals surface area contributed by atoms with Crippen molar-refractivity contribution in [1.29, 1.82) is 0 Å². The average Bonchev–Trinajstić information content (AvgIpc) is 2.11. The van der Waals surface area contributed by atoms with Crippen molar-refractivity contribution in [2.75, 3.05) is 0 Å². The van der Waals surface area contributed by atoms with Gasteiger partial charge in [-0.2, -0.15) is 0 Å². The van der Waals surface area contributed by atoms with Gasteiger partial charge in [-0.3, -0.25) is 0 Å². The molecule has 1 aromatic rings. The standard InChI is InChI=1S/C3H4BrN3/c1-7-3(4)2-5-6-7/h2H,1H3/i1D3. The minimum atomic E-state index is -2.24. The number of halogens is 1. The van der Waals surface area contributed by atoms with Crippen LogP contribution < -0.4 is 0 Å². The van der Waals surface area contributed by atoms with Gasteiger partial charge in [0.15, 0.2) is 0 Å². The van der Waals surface area contributed by atoms with Gasteiger partial charge in [-0.25, -0.2) is 4.68 Å². The molecule has 0 fully saturated rings. The van der Waals surface area contributed by atoms with Crippen LogP contribution in [-0.2, 0) is 6.98 Å². The highest BCUT2D eigenvalue weighted by Crippen LogP contribution is 2.01. The fourth-order valence-corrected chi connectivity index (χ4v) is 0.385. The molecule has 0 bridgehead atoms. The zero-order valence-electron chi connectivity index (χ0n) is 6.30. The van der Waals surface area contributed by atoms with Gasteiger partial charge in [0.2, 0.25) is 0 Å². The molecule has 1 heterocycles. The van der Waals surface area contributed by atoms with Gasteiger partial charge in [-0.05, 0) is 15.9 Å². The minimum absolute atomic E-state index is 0.354. The summed E-state index contributed by atoms with van der Waals surface area (Å²) in [6.45, 7) is -2.24. The molecular weight excluding hydrogens is 158 g/mol. The van der Waals surface area contributed by atoms with Crippen LogP contribution in [0.1, 0.15) is 4.11 Å². The third-order valence-corrected chi connectivity index (χ3v) is 1.05. The Balaban J connectivity index is 3.05. The SMILES string of the molecule is [2H]C([2H])([2H])n1nncc1Br. The van der Waals surface area contributed by atoms with E-state index in [1.54, 1.807) is 0 Å². The molecule has 0 N–H and O–H groups in total. The van der Waals surface area contributed by atoms with Crippen molar-refractivity contribution in [1.82, 2.24) is 15.0 Å². The van der Waals surface area contributed by atoms with E-state index < -0.39 is 6.98 Å². The van der Waals surface area contributed by atoms with Crippen molar-refractivity contribution in [3.8, 4) is 0 Å². The Morgan fingerprint density at radius 1 is 2.14 bits per heavy atom. The predicted molar refractivity (Wildman–Crippen MR) is 28.7 cm³/mol. The van der Waals surface area contributed by atoms with Crippen LogP contribution in [0.4, 0.5) is 0 Å². The van der Waals surface area contributed by atoms with E-state index in [2.05, 4.69) is 26.2 Å². The van der Waals surface area contributed by atoms with Gasteiger partial charge in [-0.1, -0.05) is 5.21 Å². The second-order valence-corrected chi connectivity index (χ2v) is 1.78. The maximum atomic E-state index is 6.89. The van der Waals surface area contributed by atoms with Gasteiger partial charge >= 0.3 is 0 Å². The summed E-state index contributed by atoms with van der Waals surface area (Å²) in [5.74, 6) is 0. The summed E-state index contributed by atoms with van der Waals surface area (Å²) in [4.78, 5) is 0. The third-order valence-electron chi connectivity index (χ3n) is 0.508. The average molecular weight is 165 g/mol. The zero-order valence-corrected chi connectivity index (χ0v) is 4.88. The molecule has 0 unspecified atom stereocenters. The van der Waals surface area contributed by atoms with E-state index in [1.807, 2.05) is 0 Å². The molecule has 0 aliphatic rings. The van der Waals surface area contributed by atoms with E-state index in [0.717, 1.165) is 4.68 Å². The molecule has 0 atom stereocenters. The van der Waals surface area contributed by atoms with Crippen molar-refractivity contribution < 1.29 is 4.11 Å². The summed E-state index contributed by atoms with van der Waals surface area (Å²) < 4.78 is 21.9. The number of aryl methyl sites for hydroxylation is 1.